The van der Waals surface area contributed by atoms with E-state index in [9.17, 15) is 0 Å². The van der Waals surface area contributed by atoms with E-state index in [-0.39, 0.29) is 0 Å². The number of aromatic nitrogens is 2. The molecule has 13 heavy (non-hydrogen) atoms. The summed E-state index contributed by atoms with van der Waals surface area (Å²) in [6.45, 7) is 10.8. The molecule has 0 saturated heterocycles. The summed E-state index contributed by atoms with van der Waals surface area (Å²) in [4.78, 5) is 0. The van der Waals surface area contributed by atoms with Crippen LogP contribution in [-0.2, 0) is 0 Å². The molecule has 0 aliphatic heterocycles. The third kappa shape index (κ3) is 1.77. The molecule has 0 atom stereocenters. The van der Waals surface area contributed by atoms with Crippen LogP contribution >= 0.6 is 0 Å². The van der Waals surface area contributed by atoms with Crippen molar-refractivity contribution in [1.29, 1.82) is 0 Å². The fourth-order valence-electron chi connectivity index (χ4n) is 1.74. The van der Waals surface area contributed by atoms with E-state index in [1.54, 1.807) is 0 Å². The second kappa shape index (κ2) is 3.95. The van der Waals surface area contributed by atoms with Crippen molar-refractivity contribution in [2.75, 3.05) is 0 Å². The molecule has 0 aliphatic rings. The minimum Gasteiger partial charge on any atom is -0.266 e. The Hall–Kier alpha value is -0.790. The smallest absolute Gasteiger partial charge is 0.0625 e. The highest BCUT2D eigenvalue weighted by atomic mass is 15.3. The predicted molar refractivity (Wildman–Crippen MR) is 56.1 cm³/mol. The van der Waals surface area contributed by atoms with Crippen LogP contribution in [-0.4, -0.2) is 9.78 Å². The fourth-order valence-corrected chi connectivity index (χ4v) is 1.74. The van der Waals surface area contributed by atoms with E-state index in [4.69, 9.17) is 0 Å². The first-order valence-electron chi connectivity index (χ1n) is 5.14. The molecule has 0 amide bonds. The van der Waals surface area contributed by atoms with Crippen LogP contribution in [0.4, 0.5) is 0 Å². The van der Waals surface area contributed by atoms with E-state index >= 15 is 0 Å². The Morgan fingerprint density at radius 3 is 2.00 bits per heavy atom. The number of hydrogen-bond acceptors (Lipinski definition) is 1. The number of aryl methyl sites for hydroxylation is 1. The van der Waals surface area contributed by atoms with Gasteiger partial charge in [0.25, 0.3) is 0 Å². The van der Waals surface area contributed by atoms with Crippen molar-refractivity contribution >= 4 is 0 Å². The zero-order valence-corrected chi connectivity index (χ0v) is 9.39. The Bertz CT molecular complexity index is 283. The van der Waals surface area contributed by atoms with Gasteiger partial charge in [0.2, 0.25) is 0 Å². The summed E-state index contributed by atoms with van der Waals surface area (Å²) in [6.07, 6.45) is 2.33. The van der Waals surface area contributed by atoms with Crippen LogP contribution in [0.2, 0.25) is 0 Å². The molecule has 1 aromatic heterocycles. The van der Waals surface area contributed by atoms with Gasteiger partial charge < -0.3 is 0 Å². The van der Waals surface area contributed by atoms with Crippen LogP contribution in [0.15, 0.2) is 0 Å². The first-order chi connectivity index (χ1) is 6.11. The van der Waals surface area contributed by atoms with Gasteiger partial charge in [-0.1, -0.05) is 13.8 Å². The van der Waals surface area contributed by atoms with Crippen LogP contribution < -0.4 is 0 Å². The minimum atomic E-state index is 0.576. The molecular weight excluding hydrogens is 160 g/mol. The SMILES string of the molecule is CCC(CC)n1nc(C)c(C)c1C. The van der Waals surface area contributed by atoms with Gasteiger partial charge in [0.1, 0.15) is 0 Å². The standard InChI is InChI=1S/C11H20N2/c1-6-11(7-2)13-10(5)8(3)9(4)12-13/h11H,6-7H2,1-5H3. The van der Waals surface area contributed by atoms with Gasteiger partial charge in [0, 0.05) is 5.69 Å². The lowest BCUT2D eigenvalue weighted by molar-refractivity contribution is 0.418. The fraction of sp³-hybridized carbons (Fsp3) is 0.727. The molecule has 1 aromatic rings. The largest absolute Gasteiger partial charge is 0.266 e. The first-order valence-corrected chi connectivity index (χ1v) is 5.14. The van der Waals surface area contributed by atoms with Crippen LogP contribution in [0.5, 0.6) is 0 Å². The first kappa shape index (κ1) is 10.3. The Morgan fingerprint density at radius 2 is 1.69 bits per heavy atom. The van der Waals surface area contributed by atoms with Crippen molar-refractivity contribution in [3.8, 4) is 0 Å². The van der Waals surface area contributed by atoms with Gasteiger partial charge in [0.15, 0.2) is 0 Å². The third-order valence-electron chi connectivity index (χ3n) is 2.98. The maximum absolute atomic E-state index is 4.57. The monoisotopic (exact) mass is 180 g/mol. The van der Waals surface area contributed by atoms with Crippen molar-refractivity contribution in [2.45, 2.75) is 53.5 Å². The average molecular weight is 180 g/mol. The molecule has 0 unspecified atom stereocenters. The summed E-state index contributed by atoms with van der Waals surface area (Å²) in [5, 5.41) is 4.57. The second-order valence-electron chi connectivity index (χ2n) is 3.71. The molecule has 0 fully saturated rings. The van der Waals surface area contributed by atoms with E-state index in [0.717, 1.165) is 12.8 Å². The molecule has 0 N–H and O–H groups in total. The maximum atomic E-state index is 4.57. The van der Waals surface area contributed by atoms with Gasteiger partial charge in [-0.2, -0.15) is 5.10 Å². The van der Waals surface area contributed by atoms with Crippen LogP contribution in [0.3, 0.4) is 0 Å². The summed E-state index contributed by atoms with van der Waals surface area (Å²) in [7, 11) is 0. The van der Waals surface area contributed by atoms with Crippen LogP contribution in [0, 0.1) is 20.8 Å². The quantitative estimate of drug-likeness (QED) is 0.698. The molecule has 2 heteroatoms. The van der Waals surface area contributed by atoms with Crippen molar-refractivity contribution in [3.63, 3.8) is 0 Å². The number of nitrogens with zero attached hydrogens (tertiary/aromatic N) is 2. The van der Waals surface area contributed by atoms with Gasteiger partial charge in [0.05, 0.1) is 11.7 Å². The summed E-state index contributed by atoms with van der Waals surface area (Å²) in [5.41, 5.74) is 3.84. The normalized spacial score (nSPS) is 11.2. The van der Waals surface area contributed by atoms with Gasteiger partial charge in [-0.15, -0.1) is 0 Å². The highest BCUT2D eigenvalue weighted by Crippen LogP contribution is 2.20. The third-order valence-corrected chi connectivity index (χ3v) is 2.98. The van der Waals surface area contributed by atoms with E-state index < -0.39 is 0 Å². The molecule has 0 bridgehead atoms. The lowest BCUT2D eigenvalue weighted by atomic mass is 10.1. The lowest BCUT2D eigenvalue weighted by Crippen LogP contribution is -2.10. The summed E-state index contributed by atoms with van der Waals surface area (Å²) >= 11 is 0. The highest BCUT2D eigenvalue weighted by molar-refractivity contribution is 5.22. The summed E-state index contributed by atoms with van der Waals surface area (Å²) in [6, 6.07) is 0.576. The molecule has 74 valence electrons. The molecule has 1 rings (SSSR count). The average Bonchev–Trinajstić information content (AvgIpc) is 2.36. The molecule has 0 spiro atoms. The minimum absolute atomic E-state index is 0.576. The van der Waals surface area contributed by atoms with Crippen molar-refractivity contribution in [3.05, 3.63) is 17.0 Å². The van der Waals surface area contributed by atoms with E-state index in [0.29, 0.717) is 6.04 Å². The Balaban J connectivity index is 3.06. The number of hydrogen-bond donors (Lipinski definition) is 0. The Kier molecular flexibility index (Phi) is 3.12. The van der Waals surface area contributed by atoms with Gasteiger partial charge in [-0.05, 0) is 39.2 Å². The Morgan fingerprint density at radius 1 is 1.15 bits per heavy atom. The molecule has 1 heterocycles. The topological polar surface area (TPSA) is 17.8 Å². The Labute approximate surface area is 81.0 Å². The molecule has 0 radical (unpaired) electrons. The number of rotatable bonds is 3. The lowest BCUT2D eigenvalue weighted by Gasteiger charge is -2.15. The van der Waals surface area contributed by atoms with Crippen molar-refractivity contribution < 1.29 is 0 Å². The van der Waals surface area contributed by atoms with Gasteiger partial charge in [-0.3, -0.25) is 4.68 Å². The molecule has 0 aromatic carbocycles. The van der Waals surface area contributed by atoms with E-state index in [2.05, 4.69) is 44.4 Å². The summed E-state index contributed by atoms with van der Waals surface area (Å²) < 4.78 is 2.19. The van der Waals surface area contributed by atoms with Gasteiger partial charge >= 0.3 is 0 Å². The van der Waals surface area contributed by atoms with Crippen molar-refractivity contribution in [1.82, 2.24) is 9.78 Å². The zero-order valence-electron chi connectivity index (χ0n) is 9.39. The second-order valence-corrected chi connectivity index (χ2v) is 3.71. The van der Waals surface area contributed by atoms with E-state index in [1.807, 2.05) is 0 Å². The highest BCUT2D eigenvalue weighted by Gasteiger charge is 2.13. The zero-order chi connectivity index (χ0) is 10.0. The molecular formula is C11H20N2. The van der Waals surface area contributed by atoms with Crippen LogP contribution in [0.25, 0.3) is 0 Å². The predicted octanol–water partition coefficient (Wildman–Crippen LogP) is 3.17. The van der Waals surface area contributed by atoms with Gasteiger partial charge in [-0.25, -0.2) is 0 Å². The molecule has 0 aliphatic carbocycles. The summed E-state index contributed by atoms with van der Waals surface area (Å²) in [5.74, 6) is 0. The van der Waals surface area contributed by atoms with E-state index in [1.165, 1.54) is 17.0 Å². The molecule has 0 saturated carbocycles. The van der Waals surface area contributed by atoms with Crippen molar-refractivity contribution in [2.24, 2.45) is 0 Å². The van der Waals surface area contributed by atoms with Crippen LogP contribution in [0.1, 0.15) is 49.7 Å². The molecule has 2 nitrogen and oxygen atoms in total. The maximum Gasteiger partial charge on any atom is 0.0625 e.